The molecule has 1 heterocycles. The average Bonchev–Trinajstić information content (AvgIpc) is 2.20. The van der Waals surface area contributed by atoms with Gasteiger partial charge in [0, 0.05) is 24.1 Å². The first-order valence-electron chi connectivity index (χ1n) is 6.11. The van der Waals surface area contributed by atoms with E-state index in [1.54, 1.807) is 0 Å². The van der Waals surface area contributed by atoms with Gasteiger partial charge in [-0.2, -0.15) is 0 Å². The van der Waals surface area contributed by atoms with Crippen LogP contribution < -0.4 is 0 Å². The molecule has 0 aromatic heterocycles. The first-order chi connectivity index (χ1) is 7.65. The normalized spacial score (nSPS) is 26.9. The lowest BCUT2D eigenvalue weighted by Crippen LogP contribution is -2.38. The van der Waals surface area contributed by atoms with Crippen LogP contribution in [0, 0.1) is 11.8 Å². The average molecular weight is 282 g/mol. The zero-order chi connectivity index (χ0) is 11.5. The van der Waals surface area contributed by atoms with Crippen molar-refractivity contribution < 1.29 is 0 Å². The van der Waals surface area contributed by atoms with Crippen LogP contribution in [0.1, 0.15) is 25.8 Å². The Kier molecular flexibility index (Phi) is 4.04. The van der Waals surface area contributed by atoms with Gasteiger partial charge in [0.15, 0.2) is 0 Å². The number of likely N-dealkylation sites (tertiary alicyclic amines) is 1. The van der Waals surface area contributed by atoms with Gasteiger partial charge in [-0.3, -0.25) is 4.90 Å². The Morgan fingerprint density at radius 3 is 2.44 bits per heavy atom. The molecule has 0 bridgehead atoms. The van der Waals surface area contributed by atoms with E-state index in [1.807, 2.05) is 0 Å². The van der Waals surface area contributed by atoms with E-state index in [9.17, 15) is 0 Å². The van der Waals surface area contributed by atoms with Crippen LogP contribution in [0.2, 0.25) is 0 Å². The van der Waals surface area contributed by atoms with E-state index in [0.717, 1.165) is 18.4 Å². The summed E-state index contributed by atoms with van der Waals surface area (Å²) in [5, 5.41) is 0. The predicted molar refractivity (Wildman–Crippen MR) is 72.4 cm³/mol. The standard InChI is InChI=1S/C14H20BrN/c1-11-7-12(2)9-16(8-11)10-13-5-3-4-6-14(13)15/h3-6,11-12H,7-10H2,1-2H3/t11-,12-/m0/s1. The Morgan fingerprint density at radius 1 is 1.19 bits per heavy atom. The third-order valence-electron chi connectivity index (χ3n) is 3.30. The number of hydrogen-bond donors (Lipinski definition) is 0. The highest BCUT2D eigenvalue weighted by Crippen LogP contribution is 2.24. The maximum Gasteiger partial charge on any atom is 0.0245 e. The summed E-state index contributed by atoms with van der Waals surface area (Å²) in [5.41, 5.74) is 1.41. The van der Waals surface area contributed by atoms with E-state index in [-0.39, 0.29) is 0 Å². The van der Waals surface area contributed by atoms with Gasteiger partial charge in [-0.05, 0) is 29.9 Å². The van der Waals surface area contributed by atoms with Crippen molar-refractivity contribution in [2.75, 3.05) is 13.1 Å². The van der Waals surface area contributed by atoms with E-state index in [1.165, 1.54) is 29.5 Å². The van der Waals surface area contributed by atoms with Gasteiger partial charge in [0.25, 0.3) is 0 Å². The summed E-state index contributed by atoms with van der Waals surface area (Å²) in [7, 11) is 0. The molecule has 88 valence electrons. The fourth-order valence-corrected chi connectivity index (χ4v) is 3.20. The van der Waals surface area contributed by atoms with Gasteiger partial charge in [-0.25, -0.2) is 0 Å². The molecule has 1 aliphatic rings. The van der Waals surface area contributed by atoms with Crippen LogP contribution in [-0.2, 0) is 6.54 Å². The van der Waals surface area contributed by atoms with Crippen LogP contribution in [-0.4, -0.2) is 18.0 Å². The zero-order valence-electron chi connectivity index (χ0n) is 10.1. The molecule has 0 unspecified atom stereocenters. The number of nitrogens with zero attached hydrogens (tertiary/aromatic N) is 1. The fraction of sp³-hybridized carbons (Fsp3) is 0.571. The highest BCUT2D eigenvalue weighted by atomic mass is 79.9. The number of piperidine rings is 1. The van der Waals surface area contributed by atoms with Crippen LogP contribution >= 0.6 is 15.9 Å². The highest BCUT2D eigenvalue weighted by Gasteiger charge is 2.21. The van der Waals surface area contributed by atoms with Gasteiger partial charge in [0.2, 0.25) is 0 Å². The summed E-state index contributed by atoms with van der Waals surface area (Å²) in [6.45, 7) is 8.29. The van der Waals surface area contributed by atoms with Crippen molar-refractivity contribution in [1.29, 1.82) is 0 Å². The van der Waals surface area contributed by atoms with Crippen LogP contribution in [0.15, 0.2) is 28.7 Å². The lowest BCUT2D eigenvalue weighted by molar-refractivity contribution is 0.134. The van der Waals surface area contributed by atoms with Crippen molar-refractivity contribution in [1.82, 2.24) is 4.90 Å². The molecular formula is C14H20BrN. The molecular weight excluding hydrogens is 262 g/mol. The molecule has 1 aromatic rings. The molecule has 1 nitrogen and oxygen atoms in total. The SMILES string of the molecule is C[C@H]1C[C@H](C)CN(Cc2ccccc2Br)C1. The van der Waals surface area contributed by atoms with Crippen molar-refractivity contribution in [3.63, 3.8) is 0 Å². The molecule has 1 aliphatic heterocycles. The van der Waals surface area contributed by atoms with Crippen molar-refractivity contribution >= 4 is 15.9 Å². The Labute approximate surface area is 107 Å². The first kappa shape index (κ1) is 12.1. The molecule has 2 heteroatoms. The molecule has 1 aromatic carbocycles. The van der Waals surface area contributed by atoms with Crippen LogP contribution in [0.4, 0.5) is 0 Å². The molecule has 0 spiro atoms. The number of rotatable bonds is 2. The number of halogens is 1. The molecule has 1 saturated heterocycles. The van der Waals surface area contributed by atoms with Gasteiger partial charge in [0.05, 0.1) is 0 Å². The Morgan fingerprint density at radius 2 is 1.81 bits per heavy atom. The van der Waals surface area contributed by atoms with Gasteiger partial charge < -0.3 is 0 Å². The minimum Gasteiger partial charge on any atom is -0.299 e. The summed E-state index contributed by atoms with van der Waals surface area (Å²) >= 11 is 3.63. The van der Waals surface area contributed by atoms with E-state index in [0.29, 0.717) is 0 Å². The molecule has 0 radical (unpaired) electrons. The Bertz CT molecular complexity index is 340. The van der Waals surface area contributed by atoms with Crippen molar-refractivity contribution in [3.8, 4) is 0 Å². The number of hydrogen-bond acceptors (Lipinski definition) is 1. The minimum absolute atomic E-state index is 0.839. The lowest BCUT2D eigenvalue weighted by atomic mass is 9.91. The molecule has 2 atom stereocenters. The zero-order valence-corrected chi connectivity index (χ0v) is 11.7. The third-order valence-corrected chi connectivity index (χ3v) is 4.07. The quantitative estimate of drug-likeness (QED) is 0.794. The maximum absolute atomic E-state index is 3.63. The molecule has 0 amide bonds. The summed E-state index contributed by atoms with van der Waals surface area (Å²) < 4.78 is 1.24. The number of benzene rings is 1. The van der Waals surface area contributed by atoms with Crippen LogP contribution in [0.25, 0.3) is 0 Å². The van der Waals surface area contributed by atoms with Crippen molar-refractivity contribution in [2.45, 2.75) is 26.8 Å². The van der Waals surface area contributed by atoms with Crippen LogP contribution in [0.5, 0.6) is 0 Å². The molecule has 2 rings (SSSR count). The summed E-state index contributed by atoms with van der Waals surface area (Å²) in [5.74, 6) is 1.68. The second-order valence-corrected chi connectivity index (χ2v) is 6.09. The summed E-state index contributed by atoms with van der Waals surface area (Å²) in [6.07, 6.45) is 1.38. The smallest absolute Gasteiger partial charge is 0.0245 e. The molecule has 0 aliphatic carbocycles. The lowest BCUT2D eigenvalue weighted by Gasteiger charge is -2.35. The van der Waals surface area contributed by atoms with Crippen molar-refractivity contribution in [3.05, 3.63) is 34.3 Å². The van der Waals surface area contributed by atoms with E-state index < -0.39 is 0 Å². The molecule has 0 N–H and O–H groups in total. The Hall–Kier alpha value is -0.340. The maximum atomic E-state index is 3.63. The van der Waals surface area contributed by atoms with E-state index >= 15 is 0 Å². The monoisotopic (exact) mass is 281 g/mol. The Balaban J connectivity index is 2.02. The molecule has 16 heavy (non-hydrogen) atoms. The van der Waals surface area contributed by atoms with E-state index in [4.69, 9.17) is 0 Å². The fourth-order valence-electron chi connectivity index (χ4n) is 2.79. The summed E-state index contributed by atoms with van der Waals surface area (Å²) in [4.78, 5) is 2.58. The van der Waals surface area contributed by atoms with E-state index in [2.05, 4.69) is 58.9 Å². The largest absolute Gasteiger partial charge is 0.299 e. The minimum atomic E-state index is 0.839. The second-order valence-electron chi connectivity index (χ2n) is 5.23. The van der Waals surface area contributed by atoms with Gasteiger partial charge >= 0.3 is 0 Å². The summed E-state index contributed by atoms with van der Waals surface area (Å²) in [6, 6.07) is 8.55. The van der Waals surface area contributed by atoms with Gasteiger partial charge in [0.1, 0.15) is 0 Å². The third kappa shape index (κ3) is 3.08. The first-order valence-corrected chi connectivity index (χ1v) is 6.90. The topological polar surface area (TPSA) is 3.24 Å². The van der Waals surface area contributed by atoms with Gasteiger partial charge in [-0.1, -0.05) is 48.0 Å². The van der Waals surface area contributed by atoms with Crippen LogP contribution in [0.3, 0.4) is 0 Å². The molecule has 0 saturated carbocycles. The van der Waals surface area contributed by atoms with Crippen molar-refractivity contribution in [2.24, 2.45) is 11.8 Å². The van der Waals surface area contributed by atoms with Gasteiger partial charge in [-0.15, -0.1) is 0 Å². The predicted octanol–water partition coefficient (Wildman–Crippen LogP) is 3.93. The second kappa shape index (κ2) is 5.33. The highest BCUT2D eigenvalue weighted by molar-refractivity contribution is 9.10. The molecule has 1 fully saturated rings.